The average molecular weight is 299 g/mol. The Bertz CT molecular complexity index is 736. The van der Waals surface area contributed by atoms with E-state index in [0.29, 0.717) is 19.5 Å². The van der Waals surface area contributed by atoms with E-state index in [9.17, 15) is 9.59 Å². The number of hydrogen-bond donors (Lipinski definition) is 1. The lowest BCUT2D eigenvalue weighted by Gasteiger charge is -2.32. The largest absolute Gasteiger partial charge is 0.343 e. The molecule has 5 heteroatoms. The number of amides is 1. The number of benzene rings is 1. The molecule has 1 aromatic carbocycles. The van der Waals surface area contributed by atoms with Gasteiger partial charge in [0.2, 0.25) is 5.91 Å². The molecule has 0 bridgehead atoms. The Kier molecular flexibility index (Phi) is 4.13. The summed E-state index contributed by atoms with van der Waals surface area (Å²) >= 11 is 0. The van der Waals surface area contributed by atoms with E-state index in [1.54, 1.807) is 6.08 Å². The third-order valence-corrected chi connectivity index (χ3v) is 4.37. The number of allylic oxidation sites excluding steroid dienone is 1. The summed E-state index contributed by atoms with van der Waals surface area (Å²) in [6.45, 7) is 5.08. The number of carbonyl (C=O) groups excluding carboxylic acids is 1. The van der Waals surface area contributed by atoms with E-state index in [-0.39, 0.29) is 17.6 Å². The summed E-state index contributed by atoms with van der Waals surface area (Å²) in [6, 6.07) is 7.91. The third-order valence-electron chi connectivity index (χ3n) is 4.37. The molecule has 1 aromatic heterocycles. The van der Waals surface area contributed by atoms with Gasteiger partial charge in [-0.1, -0.05) is 18.2 Å². The van der Waals surface area contributed by atoms with Gasteiger partial charge in [0.1, 0.15) is 0 Å². The Labute approximate surface area is 129 Å². The third kappa shape index (κ3) is 2.71. The summed E-state index contributed by atoms with van der Waals surface area (Å²) in [5, 5.41) is 0. The Morgan fingerprint density at radius 2 is 2.05 bits per heavy atom. The second-order valence-corrected chi connectivity index (χ2v) is 5.76. The molecule has 116 valence electrons. The number of piperidine rings is 1. The maximum atomic E-state index is 12.2. The van der Waals surface area contributed by atoms with Gasteiger partial charge in [-0.25, -0.2) is 4.79 Å². The number of carbonyl (C=O) groups is 1. The van der Waals surface area contributed by atoms with Crippen molar-refractivity contribution in [1.29, 1.82) is 0 Å². The topological polar surface area (TPSA) is 58.1 Å². The molecule has 0 unspecified atom stereocenters. The van der Waals surface area contributed by atoms with E-state index in [1.165, 1.54) is 0 Å². The van der Waals surface area contributed by atoms with Crippen LogP contribution in [0.5, 0.6) is 0 Å². The number of fused-ring (bicyclic) bond motifs is 1. The fourth-order valence-electron chi connectivity index (χ4n) is 3.19. The maximum Gasteiger partial charge on any atom is 0.326 e. The van der Waals surface area contributed by atoms with Crippen molar-refractivity contribution in [3.05, 3.63) is 47.4 Å². The summed E-state index contributed by atoms with van der Waals surface area (Å²) in [4.78, 5) is 29.0. The van der Waals surface area contributed by atoms with Crippen LogP contribution in [0.1, 0.15) is 31.7 Å². The number of likely N-dealkylation sites (tertiary alicyclic amines) is 1. The van der Waals surface area contributed by atoms with Gasteiger partial charge in [-0.3, -0.25) is 9.36 Å². The summed E-state index contributed by atoms with van der Waals surface area (Å²) in [7, 11) is 0. The molecule has 2 heterocycles. The van der Waals surface area contributed by atoms with Crippen LogP contribution in [-0.4, -0.2) is 33.4 Å². The molecule has 1 aliphatic heterocycles. The first-order valence-electron chi connectivity index (χ1n) is 7.78. The molecular weight excluding hydrogens is 278 g/mol. The first-order valence-corrected chi connectivity index (χ1v) is 7.78. The van der Waals surface area contributed by atoms with Crippen molar-refractivity contribution >= 4 is 16.9 Å². The molecule has 5 nitrogen and oxygen atoms in total. The van der Waals surface area contributed by atoms with Gasteiger partial charge in [0.05, 0.1) is 11.0 Å². The highest BCUT2D eigenvalue weighted by Crippen LogP contribution is 2.25. The fraction of sp³-hybridized carbons (Fsp3) is 0.412. The lowest BCUT2D eigenvalue weighted by Crippen LogP contribution is -2.40. The van der Waals surface area contributed by atoms with E-state index < -0.39 is 0 Å². The summed E-state index contributed by atoms with van der Waals surface area (Å²) in [5.74, 6) is 0.185. The molecule has 1 saturated heterocycles. The quantitative estimate of drug-likeness (QED) is 0.882. The number of aromatic nitrogens is 2. The molecule has 22 heavy (non-hydrogen) atoms. The molecule has 3 rings (SSSR count). The van der Waals surface area contributed by atoms with Crippen molar-refractivity contribution in [3.63, 3.8) is 0 Å². The van der Waals surface area contributed by atoms with Crippen LogP contribution in [0.2, 0.25) is 0 Å². The molecule has 1 aliphatic rings. The first kappa shape index (κ1) is 14.6. The predicted octanol–water partition coefficient (Wildman–Crippen LogP) is 2.46. The van der Waals surface area contributed by atoms with E-state index in [2.05, 4.69) is 11.6 Å². The normalized spacial score (nSPS) is 16.1. The summed E-state index contributed by atoms with van der Waals surface area (Å²) in [5.41, 5.74) is 1.76. The number of nitrogens with zero attached hydrogens (tertiary/aromatic N) is 2. The number of hydrogen-bond acceptors (Lipinski definition) is 2. The number of imidazole rings is 1. The zero-order chi connectivity index (χ0) is 15.5. The number of rotatable bonds is 4. The second kappa shape index (κ2) is 6.22. The lowest BCUT2D eigenvalue weighted by molar-refractivity contribution is -0.132. The smallest absolute Gasteiger partial charge is 0.326 e. The zero-order valence-corrected chi connectivity index (χ0v) is 12.6. The minimum Gasteiger partial charge on any atom is -0.343 e. The van der Waals surface area contributed by atoms with Crippen molar-refractivity contribution in [2.24, 2.45) is 0 Å². The van der Waals surface area contributed by atoms with E-state index in [4.69, 9.17) is 0 Å². The predicted molar refractivity (Wildman–Crippen MR) is 86.8 cm³/mol. The van der Waals surface area contributed by atoms with Gasteiger partial charge in [0, 0.05) is 25.6 Å². The highest BCUT2D eigenvalue weighted by atomic mass is 16.2. The Balaban J connectivity index is 1.73. The molecule has 1 N–H and O–H groups in total. The number of para-hydroxylation sites is 2. The van der Waals surface area contributed by atoms with Gasteiger partial charge in [-0.2, -0.15) is 0 Å². The minimum atomic E-state index is -0.0577. The lowest BCUT2D eigenvalue weighted by atomic mass is 10.0. The second-order valence-electron chi connectivity index (χ2n) is 5.76. The summed E-state index contributed by atoms with van der Waals surface area (Å²) in [6.07, 6.45) is 4.67. The molecule has 1 amide bonds. The highest BCUT2D eigenvalue weighted by molar-refractivity contribution is 5.76. The number of H-pyrrole nitrogens is 1. The maximum absolute atomic E-state index is 12.2. The SMILES string of the molecule is C=CCCC(=O)N1CCC(n2c(=O)[nH]c3ccccc32)CC1. The first-order chi connectivity index (χ1) is 10.7. The van der Waals surface area contributed by atoms with Gasteiger partial charge < -0.3 is 9.88 Å². The monoisotopic (exact) mass is 299 g/mol. The van der Waals surface area contributed by atoms with Crippen molar-refractivity contribution in [1.82, 2.24) is 14.5 Å². The molecule has 0 radical (unpaired) electrons. The average Bonchev–Trinajstić information content (AvgIpc) is 2.88. The van der Waals surface area contributed by atoms with Gasteiger partial charge in [-0.15, -0.1) is 6.58 Å². The van der Waals surface area contributed by atoms with E-state index in [1.807, 2.05) is 33.7 Å². The molecule has 1 fully saturated rings. The van der Waals surface area contributed by atoms with Crippen LogP contribution in [-0.2, 0) is 4.79 Å². The summed E-state index contributed by atoms with van der Waals surface area (Å²) < 4.78 is 1.85. The Morgan fingerprint density at radius 3 is 2.77 bits per heavy atom. The van der Waals surface area contributed by atoms with Crippen molar-refractivity contribution in [3.8, 4) is 0 Å². The molecule has 0 atom stereocenters. The van der Waals surface area contributed by atoms with Crippen LogP contribution in [0, 0.1) is 0 Å². The van der Waals surface area contributed by atoms with Gasteiger partial charge >= 0.3 is 5.69 Å². The van der Waals surface area contributed by atoms with E-state index in [0.717, 1.165) is 30.3 Å². The number of nitrogens with one attached hydrogen (secondary N) is 1. The van der Waals surface area contributed by atoms with Crippen LogP contribution in [0.3, 0.4) is 0 Å². The van der Waals surface area contributed by atoms with Crippen LogP contribution in [0.25, 0.3) is 11.0 Å². The van der Waals surface area contributed by atoms with Crippen molar-refractivity contribution in [2.75, 3.05) is 13.1 Å². The molecule has 0 spiro atoms. The molecule has 0 aliphatic carbocycles. The highest BCUT2D eigenvalue weighted by Gasteiger charge is 2.25. The van der Waals surface area contributed by atoms with Gasteiger partial charge in [0.15, 0.2) is 0 Å². The van der Waals surface area contributed by atoms with Crippen LogP contribution in [0.4, 0.5) is 0 Å². The van der Waals surface area contributed by atoms with Crippen LogP contribution in [0.15, 0.2) is 41.7 Å². The zero-order valence-electron chi connectivity index (χ0n) is 12.6. The molecule has 2 aromatic rings. The fourth-order valence-corrected chi connectivity index (χ4v) is 3.19. The molecule has 0 saturated carbocycles. The Morgan fingerprint density at radius 1 is 1.32 bits per heavy atom. The number of aromatic amines is 1. The van der Waals surface area contributed by atoms with E-state index >= 15 is 0 Å². The standard InChI is InChI=1S/C17H21N3O2/c1-2-3-8-16(21)19-11-9-13(10-12-19)20-15-7-5-4-6-14(15)18-17(20)22/h2,4-7,13H,1,3,8-12H2,(H,18,22). The molecular formula is C17H21N3O2. The minimum absolute atomic E-state index is 0.0577. The van der Waals surface area contributed by atoms with Crippen molar-refractivity contribution < 1.29 is 4.79 Å². The van der Waals surface area contributed by atoms with Crippen molar-refractivity contribution in [2.45, 2.75) is 31.7 Å². The van der Waals surface area contributed by atoms with Gasteiger partial charge in [-0.05, 0) is 31.4 Å². The van der Waals surface area contributed by atoms with Crippen LogP contribution >= 0.6 is 0 Å². The Hall–Kier alpha value is -2.30. The van der Waals surface area contributed by atoms with Crippen LogP contribution < -0.4 is 5.69 Å². The van der Waals surface area contributed by atoms with Gasteiger partial charge in [0.25, 0.3) is 0 Å².